The van der Waals surface area contributed by atoms with Crippen LogP contribution in [0.1, 0.15) is 33.9 Å². The van der Waals surface area contributed by atoms with E-state index in [9.17, 15) is 0 Å². The molecule has 0 aromatic carbocycles. The fraction of sp³-hybridized carbons (Fsp3) is 0.737. The van der Waals surface area contributed by atoms with Crippen LogP contribution in [-0.2, 0) is 28.4 Å². The van der Waals surface area contributed by atoms with Crippen LogP contribution in [0.4, 0.5) is 5.95 Å². The first kappa shape index (κ1) is 21.3. The molecule has 170 valence electrons. The van der Waals surface area contributed by atoms with Crippen LogP contribution in [0.25, 0.3) is 11.2 Å². The van der Waals surface area contributed by atoms with Gasteiger partial charge >= 0.3 is 0 Å². The van der Waals surface area contributed by atoms with E-state index in [0.717, 1.165) is 0 Å². The van der Waals surface area contributed by atoms with Crippen LogP contribution < -0.4 is 5.73 Å². The van der Waals surface area contributed by atoms with Crippen molar-refractivity contribution in [2.24, 2.45) is 0 Å². The van der Waals surface area contributed by atoms with Crippen LogP contribution in [0.15, 0.2) is 6.33 Å². The SMILES string of the molecule is COC1C(n2cnc3c(Cl)nc(N)nc32)OC2COC(C)(C)O[C@H]2C2OC(C)(C)O[C@H]12. The van der Waals surface area contributed by atoms with Crippen LogP contribution >= 0.6 is 11.6 Å². The van der Waals surface area contributed by atoms with E-state index in [1.165, 1.54) is 0 Å². The Kier molecular flexibility index (Phi) is 4.94. The first-order valence-corrected chi connectivity index (χ1v) is 10.5. The van der Waals surface area contributed by atoms with Crippen LogP contribution in [0.2, 0.25) is 5.15 Å². The number of rotatable bonds is 2. The summed E-state index contributed by atoms with van der Waals surface area (Å²) in [6.45, 7) is 7.76. The highest BCUT2D eigenvalue weighted by molar-refractivity contribution is 6.33. The maximum absolute atomic E-state index is 6.49. The molecule has 3 aliphatic heterocycles. The Hall–Kier alpha value is -1.60. The molecule has 3 fully saturated rings. The normalized spacial score (nSPS) is 36.7. The minimum atomic E-state index is -0.822. The van der Waals surface area contributed by atoms with Crippen molar-refractivity contribution in [1.82, 2.24) is 19.5 Å². The molecule has 12 heteroatoms. The molecule has 6 atom stereocenters. The lowest BCUT2D eigenvalue weighted by atomic mass is 9.99. The van der Waals surface area contributed by atoms with E-state index >= 15 is 0 Å². The zero-order valence-corrected chi connectivity index (χ0v) is 18.7. The van der Waals surface area contributed by atoms with Gasteiger partial charge in [0.25, 0.3) is 0 Å². The van der Waals surface area contributed by atoms with E-state index in [1.807, 2.05) is 27.7 Å². The fourth-order valence-electron chi connectivity index (χ4n) is 4.51. The van der Waals surface area contributed by atoms with Gasteiger partial charge in [0.15, 0.2) is 28.6 Å². The standard InChI is InChI=1S/C19H26ClN5O6/c1-18(2)27-6-8-10(29-18)11-12(31-19(3,4)30-11)13(26-5)16(28-8)25-7-22-9-14(20)23-17(21)24-15(9)25/h7-8,10-13,16H,6H2,1-5H3,(H2,21,23,24)/t8?,10-,11?,12+,13?,16?/m1/s1. The number of methoxy groups -OCH3 is 1. The summed E-state index contributed by atoms with van der Waals surface area (Å²) in [4.78, 5) is 12.7. The summed E-state index contributed by atoms with van der Waals surface area (Å²) >= 11 is 6.22. The number of anilines is 1. The average Bonchev–Trinajstić information content (AvgIpc) is 3.20. The fourth-order valence-corrected chi connectivity index (χ4v) is 4.73. The molecule has 5 rings (SSSR count). The summed E-state index contributed by atoms with van der Waals surface area (Å²) in [5.41, 5.74) is 6.67. The van der Waals surface area contributed by atoms with Gasteiger partial charge in [0.1, 0.15) is 36.0 Å². The van der Waals surface area contributed by atoms with Gasteiger partial charge in [-0.25, -0.2) is 4.98 Å². The number of aromatic nitrogens is 4. The molecule has 0 radical (unpaired) electrons. The molecule has 3 aliphatic rings. The van der Waals surface area contributed by atoms with Crippen molar-refractivity contribution in [2.75, 3.05) is 19.5 Å². The van der Waals surface area contributed by atoms with E-state index in [2.05, 4.69) is 15.0 Å². The smallest absolute Gasteiger partial charge is 0.223 e. The second kappa shape index (κ2) is 7.20. The summed E-state index contributed by atoms with van der Waals surface area (Å²) in [5, 5.41) is 0.159. The van der Waals surface area contributed by atoms with Gasteiger partial charge in [-0.2, -0.15) is 9.97 Å². The highest BCUT2D eigenvalue weighted by atomic mass is 35.5. The molecule has 0 aliphatic carbocycles. The lowest BCUT2D eigenvalue weighted by Crippen LogP contribution is -2.55. The van der Waals surface area contributed by atoms with Crippen LogP contribution in [0.3, 0.4) is 0 Å². The molecule has 0 amide bonds. The molecule has 2 N–H and O–H groups in total. The van der Waals surface area contributed by atoms with Gasteiger partial charge < -0.3 is 34.2 Å². The summed E-state index contributed by atoms with van der Waals surface area (Å²) in [7, 11) is 1.60. The Morgan fingerprint density at radius 3 is 2.55 bits per heavy atom. The van der Waals surface area contributed by atoms with Gasteiger partial charge in [0, 0.05) is 7.11 Å². The quantitative estimate of drug-likeness (QED) is 0.668. The van der Waals surface area contributed by atoms with Crippen molar-refractivity contribution < 1.29 is 28.4 Å². The zero-order chi connectivity index (χ0) is 22.1. The molecule has 0 saturated carbocycles. The topological polar surface area (TPSA) is 125 Å². The van der Waals surface area contributed by atoms with E-state index < -0.39 is 48.3 Å². The van der Waals surface area contributed by atoms with Crippen molar-refractivity contribution >= 4 is 28.7 Å². The number of nitrogens with zero attached hydrogens (tertiary/aromatic N) is 4. The van der Waals surface area contributed by atoms with Crippen molar-refractivity contribution in [3.05, 3.63) is 11.5 Å². The maximum atomic E-state index is 6.49. The molecule has 2 aromatic heterocycles. The third-order valence-corrected chi connectivity index (χ3v) is 5.99. The number of halogens is 1. The lowest BCUT2D eigenvalue weighted by Gasteiger charge is -2.42. The minimum Gasteiger partial charge on any atom is -0.374 e. The van der Waals surface area contributed by atoms with Gasteiger partial charge in [-0.05, 0) is 27.7 Å². The largest absolute Gasteiger partial charge is 0.374 e. The Bertz CT molecular complexity index is 1000. The third-order valence-electron chi connectivity index (χ3n) is 5.73. The number of ether oxygens (including phenoxy) is 6. The van der Waals surface area contributed by atoms with Gasteiger partial charge in [0.05, 0.1) is 12.9 Å². The Morgan fingerprint density at radius 1 is 1.10 bits per heavy atom. The molecular formula is C19H26ClN5O6. The first-order valence-electron chi connectivity index (χ1n) is 10.1. The van der Waals surface area contributed by atoms with Crippen molar-refractivity contribution in [3.8, 4) is 0 Å². The van der Waals surface area contributed by atoms with E-state index in [0.29, 0.717) is 17.8 Å². The predicted octanol–water partition coefficient (Wildman–Crippen LogP) is 1.65. The van der Waals surface area contributed by atoms with Crippen molar-refractivity contribution in [1.29, 1.82) is 0 Å². The number of imidazole rings is 1. The van der Waals surface area contributed by atoms with Crippen LogP contribution in [0, 0.1) is 0 Å². The number of hydrogen-bond acceptors (Lipinski definition) is 10. The monoisotopic (exact) mass is 455 g/mol. The van der Waals surface area contributed by atoms with E-state index in [4.69, 9.17) is 45.8 Å². The van der Waals surface area contributed by atoms with Crippen molar-refractivity contribution in [2.45, 2.75) is 76.0 Å². The first-order chi connectivity index (χ1) is 14.6. The molecule has 3 saturated heterocycles. The van der Waals surface area contributed by atoms with Gasteiger partial charge in [0.2, 0.25) is 5.95 Å². The Morgan fingerprint density at radius 2 is 1.81 bits per heavy atom. The third kappa shape index (κ3) is 3.58. The second-order valence-corrected chi connectivity index (χ2v) is 9.18. The zero-order valence-electron chi connectivity index (χ0n) is 17.9. The summed E-state index contributed by atoms with van der Waals surface area (Å²) in [6.07, 6.45) is -1.49. The lowest BCUT2D eigenvalue weighted by molar-refractivity contribution is -0.332. The number of nitrogens with two attached hydrogens (primary N) is 1. The Labute approximate surface area is 184 Å². The van der Waals surface area contributed by atoms with Gasteiger partial charge in [-0.15, -0.1) is 0 Å². The van der Waals surface area contributed by atoms with E-state index in [1.54, 1.807) is 18.0 Å². The minimum absolute atomic E-state index is 0.0326. The molecule has 0 spiro atoms. The number of fused-ring (bicyclic) bond motifs is 4. The Balaban J connectivity index is 1.62. The van der Waals surface area contributed by atoms with Crippen LogP contribution in [-0.4, -0.2) is 75.3 Å². The summed E-state index contributed by atoms with van der Waals surface area (Å²) in [5.74, 6) is -1.58. The summed E-state index contributed by atoms with van der Waals surface area (Å²) < 4.78 is 38.8. The second-order valence-electron chi connectivity index (χ2n) is 8.82. The summed E-state index contributed by atoms with van der Waals surface area (Å²) in [6, 6.07) is 0. The molecular weight excluding hydrogens is 430 g/mol. The highest BCUT2D eigenvalue weighted by Crippen LogP contribution is 2.44. The molecule has 0 bridgehead atoms. The van der Waals surface area contributed by atoms with E-state index in [-0.39, 0.29) is 11.1 Å². The molecule has 31 heavy (non-hydrogen) atoms. The number of hydrogen-bond donors (Lipinski definition) is 1. The van der Waals surface area contributed by atoms with Gasteiger partial charge in [-0.1, -0.05) is 11.6 Å². The maximum Gasteiger partial charge on any atom is 0.223 e. The molecule has 4 unspecified atom stereocenters. The molecule has 11 nitrogen and oxygen atoms in total. The predicted molar refractivity (Wildman–Crippen MR) is 108 cm³/mol. The molecule has 2 aromatic rings. The van der Waals surface area contributed by atoms with Crippen molar-refractivity contribution in [3.63, 3.8) is 0 Å². The number of nitrogen functional groups attached to an aromatic ring is 1. The van der Waals surface area contributed by atoms with Gasteiger partial charge in [-0.3, -0.25) is 4.57 Å². The molecule has 5 heterocycles. The highest BCUT2D eigenvalue weighted by Gasteiger charge is 2.59. The average molecular weight is 456 g/mol. The van der Waals surface area contributed by atoms with Crippen LogP contribution in [0.5, 0.6) is 0 Å².